The molecular weight excluding hydrogens is 314 g/mol. The van der Waals surface area contributed by atoms with E-state index in [-0.39, 0.29) is 12.0 Å². The highest BCUT2D eigenvalue weighted by Gasteiger charge is 2.08. The van der Waals surface area contributed by atoms with Crippen molar-refractivity contribution in [2.45, 2.75) is 40.2 Å². The molecule has 25 heavy (non-hydrogen) atoms. The summed E-state index contributed by atoms with van der Waals surface area (Å²) in [6, 6.07) is 14.6. The normalized spacial score (nSPS) is 10.8. The molecule has 0 heterocycles. The highest BCUT2D eigenvalue weighted by atomic mass is 16.5. The lowest BCUT2D eigenvalue weighted by molar-refractivity contribution is 0.102. The third kappa shape index (κ3) is 6.49. The first kappa shape index (κ1) is 18.8. The Morgan fingerprint density at radius 1 is 1.00 bits per heavy atom. The Balaban J connectivity index is 1.96. The third-order valence-electron chi connectivity index (χ3n) is 3.54. The van der Waals surface area contributed by atoms with Gasteiger partial charge in [-0.15, -0.1) is 0 Å². The van der Waals surface area contributed by atoms with E-state index in [0.29, 0.717) is 23.8 Å². The number of amides is 1. The molecule has 0 unspecified atom stereocenters. The fourth-order valence-corrected chi connectivity index (χ4v) is 2.23. The van der Waals surface area contributed by atoms with Gasteiger partial charge in [-0.2, -0.15) is 0 Å². The predicted molar refractivity (Wildman–Crippen MR) is 102 cm³/mol. The van der Waals surface area contributed by atoms with Crippen LogP contribution in [0.5, 0.6) is 11.5 Å². The van der Waals surface area contributed by atoms with E-state index in [1.807, 2.05) is 50.2 Å². The van der Waals surface area contributed by atoms with Crippen molar-refractivity contribution in [2.75, 3.05) is 11.9 Å². The van der Waals surface area contributed by atoms with E-state index in [0.717, 1.165) is 17.9 Å². The molecule has 2 rings (SSSR count). The van der Waals surface area contributed by atoms with Crippen molar-refractivity contribution in [1.29, 1.82) is 0 Å². The van der Waals surface area contributed by atoms with Crippen molar-refractivity contribution in [3.05, 3.63) is 54.1 Å². The van der Waals surface area contributed by atoms with Crippen LogP contribution in [0.15, 0.2) is 48.5 Å². The summed E-state index contributed by atoms with van der Waals surface area (Å²) in [7, 11) is 0. The van der Waals surface area contributed by atoms with Crippen molar-refractivity contribution in [1.82, 2.24) is 0 Å². The first-order valence-corrected chi connectivity index (χ1v) is 8.75. The van der Waals surface area contributed by atoms with Gasteiger partial charge in [0.25, 0.3) is 5.91 Å². The number of hydrogen-bond acceptors (Lipinski definition) is 3. The molecule has 0 aliphatic heterocycles. The quantitative estimate of drug-likeness (QED) is 0.722. The van der Waals surface area contributed by atoms with Gasteiger partial charge in [-0.05, 0) is 68.7 Å². The van der Waals surface area contributed by atoms with Gasteiger partial charge in [-0.1, -0.05) is 19.9 Å². The maximum absolute atomic E-state index is 12.4. The summed E-state index contributed by atoms with van der Waals surface area (Å²) in [4.78, 5) is 12.4. The second-order valence-corrected chi connectivity index (χ2v) is 6.70. The minimum atomic E-state index is -0.160. The standard InChI is InChI=1S/C21H27NO3/c1-15(2)12-13-24-20-7-5-6-17(14-20)21(23)22-18-8-10-19(11-9-18)25-16(3)4/h5-11,14-16H,12-13H2,1-4H3,(H,22,23). The van der Waals surface area contributed by atoms with Crippen molar-refractivity contribution >= 4 is 11.6 Å². The molecule has 0 aromatic heterocycles. The average Bonchev–Trinajstić information content (AvgIpc) is 2.56. The molecule has 4 nitrogen and oxygen atoms in total. The van der Waals surface area contributed by atoms with Gasteiger partial charge >= 0.3 is 0 Å². The zero-order chi connectivity index (χ0) is 18.2. The largest absolute Gasteiger partial charge is 0.494 e. The van der Waals surface area contributed by atoms with Gasteiger partial charge < -0.3 is 14.8 Å². The monoisotopic (exact) mass is 341 g/mol. The van der Waals surface area contributed by atoms with Crippen LogP contribution in [-0.4, -0.2) is 18.6 Å². The molecule has 2 aromatic carbocycles. The summed E-state index contributed by atoms with van der Waals surface area (Å²) in [5.41, 5.74) is 1.30. The zero-order valence-corrected chi connectivity index (χ0v) is 15.4. The second kappa shape index (κ2) is 9.11. The van der Waals surface area contributed by atoms with E-state index >= 15 is 0 Å². The number of ether oxygens (including phenoxy) is 2. The number of hydrogen-bond donors (Lipinski definition) is 1. The Kier molecular flexibility index (Phi) is 6.87. The van der Waals surface area contributed by atoms with Crippen LogP contribution in [-0.2, 0) is 0 Å². The SMILES string of the molecule is CC(C)CCOc1cccc(C(=O)Nc2ccc(OC(C)C)cc2)c1. The van der Waals surface area contributed by atoms with Crippen molar-refractivity contribution < 1.29 is 14.3 Å². The molecule has 2 aromatic rings. The van der Waals surface area contributed by atoms with Crippen LogP contribution in [0.3, 0.4) is 0 Å². The van der Waals surface area contributed by atoms with E-state index in [4.69, 9.17) is 9.47 Å². The predicted octanol–water partition coefficient (Wildman–Crippen LogP) is 5.15. The van der Waals surface area contributed by atoms with Crippen LogP contribution in [0.1, 0.15) is 44.5 Å². The van der Waals surface area contributed by atoms with Crippen LogP contribution in [0.4, 0.5) is 5.69 Å². The number of benzene rings is 2. The van der Waals surface area contributed by atoms with Crippen LogP contribution in [0, 0.1) is 5.92 Å². The average molecular weight is 341 g/mol. The van der Waals surface area contributed by atoms with Crippen molar-refractivity contribution in [2.24, 2.45) is 5.92 Å². The number of carbonyl (C=O) groups is 1. The molecule has 0 aliphatic rings. The minimum Gasteiger partial charge on any atom is -0.494 e. The molecule has 0 fully saturated rings. The van der Waals surface area contributed by atoms with Crippen LogP contribution < -0.4 is 14.8 Å². The zero-order valence-electron chi connectivity index (χ0n) is 15.4. The summed E-state index contributed by atoms with van der Waals surface area (Å²) < 4.78 is 11.3. The summed E-state index contributed by atoms with van der Waals surface area (Å²) in [6.45, 7) is 8.92. The molecule has 1 amide bonds. The first-order valence-electron chi connectivity index (χ1n) is 8.75. The van der Waals surface area contributed by atoms with Gasteiger partial charge in [0.1, 0.15) is 11.5 Å². The summed E-state index contributed by atoms with van der Waals surface area (Å²) in [6.07, 6.45) is 1.11. The van der Waals surface area contributed by atoms with Gasteiger partial charge in [0.2, 0.25) is 0 Å². The van der Waals surface area contributed by atoms with E-state index < -0.39 is 0 Å². The van der Waals surface area contributed by atoms with E-state index in [1.165, 1.54) is 0 Å². The topological polar surface area (TPSA) is 47.6 Å². The molecule has 0 spiro atoms. The maximum atomic E-state index is 12.4. The van der Waals surface area contributed by atoms with Gasteiger partial charge in [0.15, 0.2) is 0 Å². The number of nitrogens with one attached hydrogen (secondary N) is 1. The highest BCUT2D eigenvalue weighted by molar-refractivity contribution is 6.04. The summed E-state index contributed by atoms with van der Waals surface area (Å²) in [5, 5.41) is 2.89. The molecule has 1 N–H and O–H groups in total. The highest BCUT2D eigenvalue weighted by Crippen LogP contribution is 2.19. The Bertz CT molecular complexity index is 678. The number of anilines is 1. The minimum absolute atomic E-state index is 0.124. The van der Waals surface area contributed by atoms with Gasteiger partial charge in [-0.25, -0.2) is 0 Å². The first-order chi connectivity index (χ1) is 11.9. The molecule has 4 heteroatoms. The second-order valence-electron chi connectivity index (χ2n) is 6.70. The van der Waals surface area contributed by atoms with Crippen molar-refractivity contribution in [3.8, 4) is 11.5 Å². The van der Waals surface area contributed by atoms with E-state index in [1.54, 1.807) is 12.1 Å². The maximum Gasteiger partial charge on any atom is 0.255 e. The Morgan fingerprint density at radius 3 is 2.36 bits per heavy atom. The summed E-state index contributed by atoms with van der Waals surface area (Å²) in [5.74, 6) is 1.93. The lowest BCUT2D eigenvalue weighted by Crippen LogP contribution is -2.12. The summed E-state index contributed by atoms with van der Waals surface area (Å²) >= 11 is 0. The van der Waals surface area contributed by atoms with E-state index in [9.17, 15) is 4.79 Å². The Labute approximate surface area is 150 Å². The molecular formula is C21H27NO3. The lowest BCUT2D eigenvalue weighted by Gasteiger charge is -2.11. The molecule has 0 aliphatic carbocycles. The molecule has 0 atom stereocenters. The molecule has 0 radical (unpaired) electrons. The van der Waals surface area contributed by atoms with Crippen molar-refractivity contribution in [3.63, 3.8) is 0 Å². The molecule has 134 valence electrons. The van der Waals surface area contributed by atoms with E-state index in [2.05, 4.69) is 19.2 Å². The molecule has 0 saturated carbocycles. The van der Waals surface area contributed by atoms with Gasteiger partial charge in [0.05, 0.1) is 12.7 Å². The lowest BCUT2D eigenvalue weighted by atomic mass is 10.1. The molecule has 0 saturated heterocycles. The number of carbonyl (C=O) groups excluding carboxylic acids is 1. The Hall–Kier alpha value is -2.49. The van der Waals surface area contributed by atoms with Gasteiger partial charge in [0, 0.05) is 11.3 Å². The Morgan fingerprint density at radius 2 is 1.72 bits per heavy atom. The smallest absolute Gasteiger partial charge is 0.255 e. The van der Waals surface area contributed by atoms with Crippen LogP contribution >= 0.6 is 0 Å². The van der Waals surface area contributed by atoms with Gasteiger partial charge in [-0.3, -0.25) is 4.79 Å². The third-order valence-corrected chi connectivity index (χ3v) is 3.54. The fourth-order valence-electron chi connectivity index (χ4n) is 2.23. The van der Waals surface area contributed by atoms with Crippen LogP contribution in [0.25, 0.3) is 0 Å². The molecule has 0 bridgehead atoms. The number of rotatable bonds is 8. The fraction of sp³-hybridized carbons (Fsp3) is 0.381. The van der Waals surface area contributed by atoms with Crippen LogP contribution in [0.2, 0.25) is 0 Å².